The quantitative estimate of drug-likeness (QED) is 0.584. The molecule has 0 unspecified atom stereocenters. The molecule has 1 heterocycles. The summed E-state index contributed by atoms with van der Waals surface area (Å²) in [6.07, 6.45) is 0.777. The summed E-state index contributed by atoms with van der Waals surface area (Å²) in [6, 6.07) is 15.9. The lowest BCUT2D eigenvalue weighted by atomic mass is 10.0. The van der Waals surface area contributed by atoms with E-state index in [1.165, 1.54) is 17.8 Å². The van der Waals surface area contributed by atoms with Gasteiger partial charge in [0.2, 0.25) is 5.91 Å². The largest absolute Gasteiger partial charge is 0.444 e. The number of likely N-dealkylation sites (tertiary alicyclic amines) is 1. The third kappa shape index (κ3) is 6.47. The molecule has 5 nitrogen and oxygen atoms in total. The lowest BCUT2D eigenvalue weighted by molar-refractivity contribution is -0.116. The van der Waals surface area contributed by atoms with Gasteiger partial charge in [-0.15, -0.1) is 11.8 Å². The summed E-state index contributed by atoms with van der Waals surface area (Å²) < 4.78 is 20.1. The van der Waals surface area contributed by atoms with Crippen LogP contribution in [0, 0.1) is 5.82 Å². The molecule has 7 heteroatoms. The molecular weight excluding hydrogens is 415 g/mol. The fourth-order valence-electron chi connectivity index (χ4n) is 3.55. The number of thioether (sulfide) groups is 1. The molecule has 0 N–H and O–H groups in total. The number of ether oxygens (including phenoxy) is 1. The van der Waals surface area contributed by atoms with E-state index in [-0.39, 0.29) is 29.5 Å². The van der Waals surface area contributed by atoms with Gasteiger partial charge in [0, 0.05) is 24.0 Å². The minimum atomic E-state index is -0.558. The van der Waals surface area contributed by atoms with E-state index in [2.05, 4.69) is 0 Å². The Kier molecular flexibility index (Phi) is 7.59. The zero-order chi connectivity index (χ0) is 22.4. The highest BCUT2D eigenvalue weighted by Crippen LogP contribution is 2.29. The van der Waals surface area contributed by atoms with Gasteiger partial charge in [-0.25, -0.2) is 9.18 Å². The van der Waals surface area contributed by atoms with Gasteiger partial charge >= 0.3 is 6.09 Å². The summed E-state index contributed by atoms with van der Waals surface area (Å²) in [5.41, 5.74) is -0.269. The van der Waals surface area contributed by atoms with Gasteiger partial charge in [0.25, 0.3) is 0 Å². The van der Waals surface area contributed by atoms with Gasteiger partial charge in [-0.1, -0.05) is 30.3 Å². The second-order valence-electron chi connectivity index (χ2n) is 8.52. The summed E-state index contributed by atoms with van der Waals surface area (Å²) in [4.78, 5) is 29.8. The Morgan fingerprint density at radius 1 is 1.06 bits per heavy atom. The molecule has 0 atom stereocenters. The molecular formula is C24H29FN2O3S. The lowest BCUT2D eigenvalue weighted by Gasteiger charge is -2.39. The molecule has 1 aliphatic rings. The van der Waals surface area contributed by atoms with Crippen molar-refractivity contribution in [1.29, 1.82) is 0 Å². The summed E-state index contributed by atoms with van der Waals surface area (Å²) in [7, 11) is 0. The lowest BCUT2D eigenvalue weighted by Crippen LogP contribution is -2.50. The van der Waals surface area contributed by atoms with Crippen molar-refractivity contribution in [2.75, 3.05) is 23.7 Å². The molecule has 0 spiro atoms. The number of amides is 2. The minimum absolute atomic E-state index is 0.144. The Labute approximate surface area is 187 Å². The maximum absolute atomic E-state index is 14.6. The molecule has 31 heavy (non-hydrogen) atoms. The second-order valence-corrected chi connectivity index (χ2v) is 9.56. The van der Waals surface area contributed by atoms with Gasteiger partial charge in [-0.3, -0.25) is 4.79 Å². The van der Waals surface area contributed by atoms with Gasteiger partial charge in [0.1, 0.15) is 11.4 Å². The van der Waals surface area contributed by atoms with Crippen molar-refractivity contribution in [3.8, 4) is 0 Å². The van der Waals surface area contributed by atoms with Gasteiger partial charge in [0.15, 0.2) is 0 Å². The van der Waals surface area contributed by atoms with Gasteiger partial charge in [0.05, 0.1) is 11.4 Å². The SMILES string of the molecule is CC(C)(C)OC(=O)N1CCC(N(C(=O)CSc2ccccc2)c2ccccc2F)CC1. The van der Waals surface area contributed by atoms with E-state index in [4.69, 9.17) is 4.74 Å². The normalized spacial score (nSPS) is 14.9. The topological polar surface area (TPSA) is 49.9 Å². The van der Waals surface area contributed by atoms with E-state index < -0.39 is 11.4 Å². The van der Waals surface area contributed by atoms with Gasteiger partial charge in [-0.2, -0.15) is 0 Å². The Hall–Kier alpha value is -2.54. The van der Waals surface area contributed by atoms with Crippen molar-refractivity contribution in [2.24, 2.45) is 0 Å². The highest BCUT2D eigenvalue weighted by molar-refractivity contribution is 8.00. The number of hydrogen-bond donors (Lipinski definition) is 0. The first-order chi connectivity index (χ1) is 14.7. The number of para-hydroxylation sites is 1. The second kappa shape index (κ2) is 10.2. The van der Waals surface area contributed by atoms with Crippen LogP contribution in [-0.4, -0.2) is 47.4 Å². The van der Waals surface area contributed by atoms with E-state index >= 15 is 0 Å². The molecule has 0 aromatic heterocycles. The molecule has 166 valence electrons. The molecule has 3 rings (SSSR count). The standard InChI is InChI=1S/C24H29FN2O3S/c1-24(2,3)30-23(29)26-15-13-18(14-16-26)27(21-12-8-7-11-20(21)25)22(28)17-31-19-9-5-4-6-10-19/h4-12,18H,13-17H2,1-3H3. The third-order valence-electron chi connectivity index (χ3n) is 4.97. The molecule has 2 aromatic rings. The van der Waals surface area contributed by atoms with Crippen molar-refractivity contribution in [3.63, 3.8) is 0 Å². The molecule has 1 saturated heterocycles. The van der Waals surface area contributed by atoms with Crippen molar-refractivity contribution < 1.29 is 18.7 Å². The molecule has 0 saturated carbocycles. The van der Waals surface area contributed by atoms with E-state index in [0.717, 1.165) is 4.90 Å². The number of benzene rings is 2. The van der Waals surface area contributed by atoms with Crippen molar-refractivity contribution in [1.82, 2.24) is 4.90 Å². The van der Waals surface area contributed by atoms with Crippen LogP contribution in [0.15, 0.2) is 59.5 Å². The van der Waals surface area contributed by atoms with Crippen LogP contribution >= 0.6 is 11.8 Å². The van der Waals surface area contributed by atoms with Gasteiger partial charge < -0.3 is 14.5 Å². The number of anilines is 1. The van der Waals surface area contributed by atoms with Crippen LogP contribution < -0.4 is 4.90 Å². The average Bonchev–Trinajstić information content (AvgIpc) is 2.74. The number of piperidine rings is 1. The summed E-state index contributed by atoms with van der Waals surface area (Å²) >= 11 is 1.43. The summed E-state index contributed by atoms with van der Waals surface area (Å²) in [5, 5.41) is 0. The Morgan fingerprint density at radius 2 is 1.68 bits per heavy atom. The maximum atomic E-state index is 14.6. The monoisotopic (exact) mass is 444 g/mol. The Bertz CT molecular complexity index is 893. The van der Waals surface area contributed by atoms with Crippen LogP contribution in [0.4, 0.5) is 14.9 Å². The third-order valence-corrected chi connectivity index (χ3v) is 5.96. The van der Waals surface area contributed by atoms with Crippen molar-refractivity contribution >= 4 is 29.4 Å². The molecule has 0 aliphatic carbocycles. The van der Waals surface area contributed by atoms with E-state index in [1.54, 1.807) is 28.0 Å². The minimum Gasteiger partial charge on any atom is -0.444 e. The predicted octanol–water partition coefficient (Wildman–Crippen LogP) is 5.35. The smallest absolute Gasteiger partial charge is 0.410 e. The Morgan fingerprint density at radius 3 is 2.29 bits per heavy atom. The maximum Gasteiger partial charge on any atom is 0.410 e. The van der Waals surface area contributed by atoms with Crippen LogP contribution in [0.1, 0.15) is 33.6 Å². The zero-order valence-electron chi connectivity index (χ0n) is 18.2. The number of rotatable bonds is 5. The molecule has 0 radical (unpaired) electrons. The van der Waals surface area contributed by atoms with Gasteiger partial charge in [-0.05, 0) is 57.9 Å². The van der Waals surface area contributed by atoms with Crippen LogP contribution in [0.3, 0.4) is 0 Å². The number of nitrogens with zero attached hydrogens (tertiary/aromatic N) is 2. The fourth-order valence-corrected chi connectivity index (χ4v) is 4.33. The molecule has 1 aliphatic heterocycles. The average molecular weight is 445 g/mol. The van der Waals surface area contributed by atoms with Crippen LogP contribution in [0.25, 0.3) is 0 Å². The van der Waals surface area contributed by atoms with E-state index in [1.807, 2.05) is 51.1 Å². The zero-order valence-corrected chi connectivity index (χ0v) is 19.0. The van der Waals surface area contributed by atoms with E-state index in [0.29, 0.717) is 25.9 Å². The van der Waals surface area contributed by atoms with Crippen LogP contribution in [0.2, 0.25) is 0 Å². The molecule has 0 bridgehead atoms. The summed E-state index contributed by atoms with van der Waals surface area (Å²) in [5.74, 6) is -0.352. The number of halogens is 1. The molecule has 1 fully saturated rings. The van der Waals surface area contributed by atoms with Crippen LogP contribution in [-0.2, 0) is 9.53 Å². The highest BCUT2D eigenvalue weighted by Gasteiger charge is 2.33. The molecule has 2 aromatic carbocycles. The Balaban J connectivity index is 1.71. The first-order valence-corrected chi connectivity index (χ1v) is 11.5. The highest BCUT2D eigenvalue weighted by atomic mass is 32.2. The summed E-state index contributed by atoms with van der Waals surface area (Å²) in [6.45, 7) is 6.43. The van der Waals surface area contributed by atoms with Crippen molar-refractivity contribution in [3.05, 3.63) is 60.4 Å². The fraction of sp³-hybridized carbons (Fsp3) is 0.417. The first-order valence-electron chi connectivity index (χ1n) is 10.5. The van der Waals surface area contributed by atoms with Crippen LogP contribution in [0.5, 0.6) is 0 Å². The van der Waals surface area contributed by atoms with E-state index in [9.17, 15) is 14.0 Å². The number of carbonyl (C=O) groups is 2. The number of hydrogen-bond acceptors (Lipinski definition) is 4. The van der Waals surface area contributed by atoms with Crippen molar-refractivity contribution in [2.45, 2.75) is 50.2 Å². The molecule has 2 amide bonds. The predicted molar refractivity (Wildman–Crippen MR) is 122 cm³/mol. The number of carbonyl (C=O) groups excluding carboxylic acids is 2. The first kappa shape index (κ1) is 23.1.